The quantitative estimate of drug-likeness (QED) is 0.577. The zero-order chi connectivity index (χ0) is 21.0. The van der Waals surface area contributed by atoms with Crippen LogP contribution in [0.15, 0.2) is 53.1 Å². The van der Waals surface area contributed by atoms with E-state index in [2.05, 4.69) is 0 Å². The number of sulfonamides is 1. The van der Waals surface area contributed by atoms with Gasteiger partial charge < -0.3 is 14.1 Å². The number of benzene rings is 1. The highest BCUT2D eigenvalue weighted by molar-refractivity contribution is 7.88. The Morgan fingerprint density at radius 2 is 1.87 bits per heavy atom. The summed E-state index contributed by atoms with van der Waals surface area (Å²) in [5, 5.41) is 0. The summed E-state index contributed by atoms with van der Waals surface area (Å²) in [6.45, 7) is 1.31. The van der Waals surface area contributed by atoms with Crippen LogP contribution < -0.4 is 0 Å². The number of amides is 1. The molecule has 1 atom stereocenters. The predicted octanol–water partition coefficient (Wildman–Crippen LogP) is 2.78. The number of carbonyl (C=O) groups excluding carboxylic acids is 1. The van der Waals surface area contributed by atoms with Crippen LogP contribution in [0.4, 0.5) is 0 Å². The van der Waals surface area contributed by atoms with Gasteiger partial charge in [-0.15, -0.1) is 0 Å². The van der Waals surface area contributed by atoms with E-state index >= 15 is 0 Å². The minimum absolute atomic E-state index is 0.0146. The Labute approximate surface area is 177 Å². The molecule has 2 heterocycles. The zero-order valence-electron chi connectivity index (χ0n) is 17.0. The summed E-state index contributed by atoms with van der Waals surface area (Å²) >= 11 is 0. The summed E-state index contributed by atoms with van der Waals surface area (Å²) in [7, 11) is -3.60. The van der Waals surface area contributed by atoms with Gasteiger partial charge in [0, 0.05) is 19.2 Å². The Bertz CT molecular complexity index is 920. The van der Waals surface area contributed by atoms with E-state index < -0.39 is 10.0 Å². The van der Waals surface area contributed by atoms with Crippen molar-refractivity contribution in [3.8, 4) is 0 Å². The topological polar surface area (TPSA) is 80.1 Å². The SMILES string of the molecule is O=C(CN(C1CC1)S(=O)(=O)Cc1ccccc1)N(Cc1ccco1)C[C@H]1CCCO1. The fraction of sp³-hybridized carbons (Fsp3) is 0.500. The second-order valence-electron chi connectivity index (χ2n) is 8.01. The molecule has 0 radical (unpaired) electrons. The Kier molecular flexibility index (Phi) is 6.55. The second kappa shape index (κ2) is 9.32. The van der Waals surface area contributed by atoms with Gasteiger partial charge in [-0.2, -0.15) is 4.31 Å². The first-order valence-corrected chi connectivity index (χ1v) is 12.1. The molecule has 0 spiro atoms. The average molecular weight is 433 g/mol. The van der Waals surface area contributed by atoms with Crippen molar-refractivity contribution >= 4 is 15.9 Å². The van der Waals surface area contributed by atoms with E-state index in [0.717, 1.165) is 31.2 Å². The molecule has 162 valence electrons. The standard InChI is InChI=1S/C22H28N2O5S/c25-22(23(14-20-8-4-12-28-20)15-21-9-5-13-29-21)16-24(19-10-11-19)30(26,27)17-18-6-2-1-3-7-18/h1-4,6-8,12,19,21H,5,9-11,13-17H2/t21-/m1/s1. The molecule has 7 nitrogen and oxygen atoms in total. The minimum Gasteiger partial charge on any atom is -0.467 e. The molecule has 0 bridgehead atoms. The Morgan fingerprint density at radius 3 is 2.50 bits per heavy atom. The molecule has 4 rings (SSSR count). The predicted molar refractivity (Wildman–Crippen MR) is 112 cm³/mol. The van der Waals surface area contributed by atoms with E-state index in [1.807, 2.05) is 24.3 Å². The first kappa shape index (κ1) is 21.1. The Hall–Kier alpha value is -2.16. The lowest BCUT2D eigenvalue weighted by molar-refractivity contribution is -0.134. The molecule has 2 aliphatic rings. The molecule has 1 aromatic heterocycles. The number of nitrogens with zero attached hydrogens (tertiary/aromatic N) is 2. The normalized spacial score (nSPS) is 19.3. The van der Waals surface area contributed by atoms with E-state index in [-0.39, 0.29) is 30.4 Å². The molecule has 8 heteroatoms. The summed E-state index contributed by atoms with van der Waals surface area (Å²) in [6.07, 6.45) is 5.04. The van der Waals surface area contributed by atoms with E-state index in [0.29, 0.717) is 25.5 Å². The number of rotatable bonds is 10. The number of ether oxygens (including phenoxy) is 1. The maximum absolute atomic E-state index is 13.2. The molecular formula is C22H28N2O5S. The van der Waals surface area contributed by atoms with Crippen LogP contribution in [-0.2, 0) is 31.9 Å². The zero-order valence-corrected chi connectivity index (χ0v) is 17.8. The monoisotopic (exact) mass is 432 g/mol. The van der Waals surface area contributed by atoms with E-state index in [1.54, 1.807) is 29.4 Å². The van der Waals surface area contributed by atoms with Crippen molar-refractivity contribution in [2.75, 3.05) is 19.7 Å². The third-order valence-electron chi connectivity index (χ3n) is 5.52. The van der Waals surface area contributed by atoms with Crippen LogP contribution in [0.5, 0.6) is 0 Å². The molecule has 1 aromatic carbocycles. The average Bonchev–Trinajstić information content (AvgIpc) is 3.18. The molecule has 0 N–H and O–H groups in total. The lowest BCUT2D eigenvalue weighted by Gasteiger charge is -2.28. The summed E-state index contributed by atoms with van der Waals surface area (Å²) in [5.74, 6) is 0.360. The first-order chi connectivity index (χ1) is 14.5. The van der Waals surface area contributed by atoms with Gasteiger partial charge in [-0.1, -0.05) is 30.3 Å². The van der Waals surface area contributed by atoms with Crippen LogP contribution >= 0.6 is 0 Å². The number of carbonyl (C=O) groups is 1. The van der Waals surface area contributed by atoms with Gasteiger partial charge in [0.05, 0.1) is 31.2 Å². The third kappa shape index (κ3) is 5.50. The van der Waals surface area contributed by atoms with Gasteiger partial charge >= 0.3 is 0 Å². The van der Waals surface area contributed by atoms with E-state index in [1.165, 1.54) is 4.31 Å². The molecule has 1 amide bonds. The number of furan rings is 1. The highest BCUT2D eigenvalue weighted by Crippen LogP contribution is 2.30. The van der Waals surface area contributed by atoms with E-state index in [9.17, 15) is 13.2 Å². The van der Waals surface area contributed by atoms with E-state index in [4.69, 9.17) is 9.15 Å². The van der Waals surface area contributed by atoms with Gasteiger partial charge in [0.2, 0.25) is 15.9 Å². The summed E-state index contributed by atoms with van der Waals surface area (Å²) in [4.78, 5) is 14.9. The van der Waals surface area contributed by atoms with Crippen molar-refractivity contribution in [3.05, 3.63) is 60.1 Å². The molecule has 1 aliphatic carbocycles. The van der Waals surface area contributed by atoms with Crippen molar-refractivity contribution in [3.63, 3.8) is 0 Å². The highest BCUT2D eigenvalue weighted by atomic mass is 32.2. The van der Waals surface area contributed by atoms with Crippen LogP contribution in [-0.4, -0.2) is 55.4 Å². The van der Waals surface area contributed by atoms with Crippen LogP contribution in [0.2, 0.25) is 0 Å². The van der Waals surface area contributed by atoms with Crippen molar-refractivity contribution in [2.24, 2.45) is 0 Å². The van der Waals surface area contributed by atoms with Gasteiger partial charge in [0.25, 0.3) is 0 Å². The maximum Gasteiger partial charge on any atom is 0.238 e. The van der Waals surface area contributed by atoms with Crippen molar-refractivity contribution in [2.45, 2.75) is 50.1 Å². The summed E-state index contributed by atoms with van der Waals surface area (Å²) in [5.41, 5.74) is 0.724. The first-order valence-electron chi connectivity index (χ1n) is 10.5. The molecule has 1 saturated carbocycles. The largest absolute Gasteiger partial charge is 0.467 e. The fourth-order valence-electron chi connectivity index (χ4n) is 3.80. The molecule has 1 saturated heterocycles. The van der Waals surface area contributed by atoms with Crippen molar-refractivity contribution in [1.29, 1.82) is 0 Å². The molecule has 2 aromatic rings. The summed E-state index contributed by atoms with van der Waals surface area (Å²) in [6, 6.07) is 12.6. The van der Waals surface area contributed by atoms with Gasteiger partial charge in [-0.3, -0.25) is 4.79 Å². The van der Waals surface area contributed by atoms with Crippen LogP contribution in [0.25, 0.3) is 0 Å². The molecule has 30 heavy (non-hydrogen) atoms. The third-order valence-corrected chi connectivity index (χ3v) is 7.36. The maximum atomic E-state index is 13.2. The minimum atomic E-state index is -3.60. The molecular weight excluding hydrogens is 404 g/mol. The number of hydrogen-bond donors (Lipinski definition) is 0. The van der Waals surface area contributed by atoms with Gasteiger partial charge in [0.1, 0.15) is 5.76 Å². The second-order valence-corrected chi connectivity index (χ2v) is 9.93. The summed E-state index contributed by atoms with van der Waals surface area (Å²) < 4.78 is 38.8. The number of hydrogen-bond acceptors (Lipinski definition) is 5. The smallest absolute Gasteiger partial charge is 0.238 e. The van der Waals surface area contributed by atoms with Crippen molar-refractivity contribution < 1.29 is 22.4 Å². The van der Waals surface area contributed by atoms with Crippen LogP contribution in [0, 0.1) is 0 Å². The Morgan fingerprint density at radius 1 is 1.07 bits per heavy atom. The Balaban J connectivity index is 1.48. The molecule has 1 aliphatic heterocycles. The molecule has 2 fully saturated rings. The molecule has 0 unspecified atom stereocenters. The van der Waals surface area contributed by atoms with Gasteiger partial charge in [-0.05, 0) is 43.4 Å². The fourth-order valence-corrected chi connectivity index (χ4v) is 5.55. The van der Waals surface area contributed by atoms with Gasteiger partial charge in [-0.25, -0.2) is 8.42 Å². The lowest BCUT2D eigenvalue weighted by atomic mass is 10.2. The van der Waals surface area contributed by atoms with Gasteiger partial charge in [0.15, 0.2) is 0 Å². The van der Waals surface area contributed by atoms with Crippen molar-refractivity contribution in [1.82, 2.24) is 9.21 Å². The van der Waals surface area contributed by atoms with Crippen LogP contribution in [0.3, 0.4) is 0 Å². The van der Waals surface area contributed by atoms with Crippen LogP contribution in [0.1, 0.15) is 37.0 Å². The lowest BCUT2D eigenvalue weighted by Crippen LogP contribution is -2.46. The highest BCUT2D eigenvalue weighted by Gasteiger charge is 2.39.